The number of benzene rings is 4. The summed E-state index contributed by atoms with van der Waals surface area (Å²) in [6.45, 7) is 7.05. The molecule has 1 unspecified atom stereocenters. The average molecular weight is 875 g/mol. The predicted octanol–water partition coefficient (Wildman–Crippen LogP) is 9.31. The SMILES string of the molecule is COc1ccc(CN(Cc2ccc(OC)cc2)S(=O)(=O)[C@H](C)[C@@H](C)C/C=C(\F)C(C(=O)O)N2CCC[C@H]2N2C[C@@]3(CCCc4cc(Cl)ccc43)COc3ccc(C)cc32)cc1. The lowest BCUT2D eigenvalue weighted by atomic mass is 9.70. The third kappa shape index (κ3) is 9.57. The number of ether oxygens (including phenoxy) is 3. The molecular weight excluding hydrogens is 817 g/mol. The van der Waals surface area contributed by atoms with Gasteiger partial charge in [0.1, 0.15) is 23.1 Å². The van der Waals surface area contributed by atoms with Gasteiger partial charge in [-0.1, -0.05) is 61.0 Å². The highest BCUT2D eigenvalue weighted by Gasteiger charge is 2.47. The number of rotatable bonds is 15. The number of fused-ring (bicyclic) bond motifs is 3. The van der Waals surface area contributed by atoms with Gasteiger partial charge >= 0.3 is 5.97 Å². The normalized spacial score (nSPS) is 21.0. The van der Waals surface area contributed by atoms with Gasteiger partial charge in [0.15, 0.2) is 6.04 Å². The van der Waals surface area contributed by atoms with E-state index in [1.165, 1.54) is 21.5 Å². The Bertz CT molecular complexity index is 2280. The molecule has 1 aliphatic carbocycles. The number of sulfonamides is 1. The predicted molar refractivity (Wildman–Crippen MR) is 238 cm³/mol. The highest BCUT2D eigenvalue weighted by atomic mass is 35.5. The molecule has 326 valence electrons. The van der Waals surface area contributed by atoms with E-state index in [9.17, 15) is 18.3 Å². The third-order valence-corrected chi connectivity index (χ3v) is 15.6. The van der Waals surface area contributed by atoms with Gasteiger partial charge < -0.3 is 24.2 Å². The first-order chi connectivity index (χ1) is 29.2. The van der Waals surface area contributed by atoms with Crippen LogP contribution in [0.25, 0.3) is 0 Å². The molecule has 13 heteroatoms. The van der Waals surface area contributed by atoms with Crippen LogP contribution in [0.3, 0.4) is 0 Å². The van der Waals surface area contributed by atoms with Gasteiger partial charge in [0.25, 0.3) is 0 Å². The number of halogens is 2. The first kappa shape index (κ1) is 44.4. The van der Waals surface area contributed by atoms with Crippen molar-refractivity contribution in [3.8, 4) is 17.2 Å². The molecule has 0 saturated carbocycles. The minimum atomic E-state index is -3.96. The number of aliphatic carboxylic acids is 1. The molecule has 1 fully saturated rings. The Morgan fingerprint density at radius 1 is 0.984 bits per heavy atom. The van der Waals surface area contributed by atoms with Crippen molar-refractivity contribution >= 4 is 33.3 Å². The van der Waals surface area contributed by atoms with Crippen molar-refractivity contribution in [1.82, 2.24) is 9.21 Å². The molecule has 0 radical (unpaired) electrons. The van der Waals surface area contributed by atoms with E-state index in [-0.39, 0.29) is 19.5 Å². The van der Waals surface area contributed by atoms with Crippen LogP contribution in [0.2, 0.25) is 5.02 Å². The average Bonchev–Trinajstić information content (AvgIpc) is 3.66. The monoisotopic (exact) mass is 873 g/mol. The van der Waals surface area contributed by atoms with Gasteiger partial charge in [0.2, 0.25) is 10.0 Å². The number of anilines is 1. The molecule has 61 heavy (non-hydrogen) atoms. The van der Waals surface area contributed by atoms with E-state index in [4.69, 9.17) is 25.8 Å². The number of carboxylic acids is 1. The number of carboxylic acid groups (broad SMARTS) is 1. The maximum absolute atomic E-state index is 16.7. The van der Waals surface area contributed by atoms with Crippen LogP contribution >= 0.6 is 11.6 Å². The molecule has 0 bridgehead atoms. The van der Waals surface area contributed by atoms with E-state index >= 15 is 4.39 Å². The van der Waals surface area contributed by atoms with Crippen LogP contribution in [0, 0.1) is 12.8 Å². The highest BCUT2D eigenvalue weighted by Crippen LogP contribution is 2.47. The maximum Gasteiger partial charge on any atom is 0.328 e. The van der Waals surface area contributed by atoms with E-state index < -0.39 is 50.6 Å². The van der Waals surface area contributed by atoms with Crippen molar-refractivity contribution in [2.75, 3.05) is 38.8 Å². The highest BCUT2D eigenvalue weighted by molar-refractivity contribution is 7.89. The number of aryl methyl sites for hydroxylation is 2. The molecule has 0 aromatic heterocycles. The van der Waals surface area contributed by atoms with Gasteiger partial charge in [-0.3, -0.25) is 9.69 Å². The van der Waals surface area contributed by atoms with Crippen LogP contribution in [0.15, 0.2) is 96.8 Å². The molecule has 4 aromatic rings. The van der Waals surface area contributed by atoms with Gasteiger partial charge in [0.05, 0.1) is 37.9 Å². The van der Waals surface area contributed by atoms with Crippen molar-refractivity contribution in [3.63, 3.8) is 0 Å². The van der Waals surface area contributed by atoms with Crippen LogP contribution < -0.4 is 19.1 Å². The largest absolute Gasteiger partial charge is 0.497 e. The fraction of sp³-hybridized carbons (Fsp3) is 0.438. The Labute approximate surface area is 364 Å². The van der Waals surface area contributed by atoms with Gasteiger partial charge in [-0.25, -0.2) is 12.8 Å². The Hall–Kier alpha value is -4.62. The Morgan fingerprint density at radius 2 is 1.64 bits per heavy atom. The van der Waals surface area contributed by atoms with Gasteiger partial charge in [-0.2, -0.15) is 4.31 Å². The van der Waals surface area contributed by atoms with Crippen LogP contribution in [0.1, 0.15) is 73.8 Å². The van der Waals surface area contributed by atoms with E-state index in [0.717, 1.165) is 47.4 Å². The molecule has 1 spiro atoms. The second-order valence-corrected chi connectivity index (χ2v) is 19.7. The molecule has 2 aliphatic heterocycles. The number of carbonyl (C=O) groups is 1. The summed E-state index contributed by atoms with van der Waals surface area (Å²) < 4.78 is 64.3. The summed E-state index contributed by atoms with van der Waals surface area (Å²) in [5.41, 5.74) is 5.46. The summed E-state index contributed by atoms with van der Waals surface area (Å²) in [5.74, 6) is -0.598. The fourth-order valence-corrected chi connectivity index (χ4v) is 11.3. The number of allylic oxidation sites excluding steroid dienone is 1. The molecule has 2 heterocycles. The quantitative estimate of drug-likeness (QED) is 0.125. The smallest absolute Gasteiger partial charge is 0.328 e. The van der Waals surface area contributed by atoms with Crippen molar-refractivity contribution in [2.45, 2.75) is 95.3 Å². The summed E-state index contributed by atoms with van der Waals surface area (Å²) in [6.07, 6.45) is 4.95. The Morgan fingerprint density at radius 3 is 2.26 bits per heavy atom. The number of methoxy groups -OCH3 is 2. The zero-order valence-electron chi connectivity index (χ0n) is 35.7. The molecule has 1 saturated heterocycles. The van der Waals surface area contributed by atoms with E-state index in [2.05, 4.69) is 17.0 Å². The van der Waals surface area contributed by atoms with E-state index in [1.807, 2.05) is 55.5 Å². The molecule has 4 aromatic carbocycles. The van der Waals surface area contributed by atoms with Crippen LogP contribution in [-0.4, -0.2) is 80.1 Å². The third-order valence-electron chi connectivity index (χ3n) is 12.9. The zero-order valence-corrected chi connectivity index (χ0v) is 37.2. The lowest BCUT2D eigenvalue weighted by Crippen LogP contribution is -2.56. The summed E-state index contributed by atoms with van der Waals surface area (Å²) in [4.78, 5) is 17.2. The van der Waals surface area contributed by atoms with Gasteiger partial charge in [-0.15, -0.1) is 0 Å². The number of nitrogens with zero attached hydrogens (tertiary/aromatic N) is 3. The second-order valence-electron chi connectivity index (χ2n) is 16.9. The van der Waals surface area contributed by atoms with E-state index in [1.54, 1.807) is 57.2 Å². The van der Waals surface area contributed by atoms with Gasteiger partial charge in [0, 0.05) is 36.6 Å². The summed E-state index contributed by atoms with van der Waals surface area (Å²) in [5, 5.41) is 10.5. The van der Waals surface area contributed by atoms with Crippen LogP contribution in [-0.2, 0) is 39.7 Å². The van der Waals surface area contributed by atoms with Crippen molar-refractivity contribution in [3.05, 3.63) is 130 Å². The summed E-state index contributed by atoms with van der Waals surface area (Å²) in [7, 11) is -0.808. The minimum absolute atomic E-state index is 0.0233. The van der Waals surface area contributed by atoms with Crippen molar-refractivity contribution < 1.29 is 36.9 Å². The number of likely N-dealkylation sites (tertiary alicyclic amines) is 1. The molecule has 3 aliphatic rings. The summed E-state index contributed by atoms with van der Waals surface area (Å²) >= 11 is 6.46. The number of hydrogen-bond acceptors (Lipinski definition) is 8. The standard InChI is InChI=1S/C48H57ClFN3O7S/c1-32-10-23-44-43(26-32)53(30-48(31-60-44)24-6-8-37-27-38(49)16-21-41(37)48)45-9-7-25-52(45)46(47(54)55)42(50)22-11-33(2)34(3)61(56,57)51(28-35-12-17-39(58-4)18-13-35)29-36-14-19-40(59-5)20-15-36/h10,12-23,26-27,33-34,45-46H,6-9,11,24-25,28-31H2,1-5H3,(H,54,55)/b42-22-/t33-,34+,45+,46?,48-/m0/s1. The topological polar surface area (TPSA) is 109 Å². The van der Waals surface area contributed by atoms with Gasteiger partial charge in [-0.05, 0) is 135 Å². The lowest BCUT2D eigenvalue weighted by molar-refractivity contribution is -0.142. The van der Waals surface area contributed by atoms with Crippen LogP contribution in [0.4, 0.5) is 10.1 Å². The summed E-state index contributed by atoms with van der Waals surface area (Å²) in [6, 6.07) is 25.1. The minimum Gasteiger partial charge on any atom is -0.497 e. The molecule has 5 atom stereocenters. The fourth-order valence-electron chi connectivity index (χ4n) is 9.33. The van der Waals surface area contributed by atoms with Crippen molar-refractivity contribution in [2.24, 2.45) is 5.92 Å². The van der Waals surface area contributed by atoms with E-state index in [0.29, 0.717) is 49.1 Å². The molecular formula is C48H57ClFN3O7S. The zero-order chi connectivity index (χ0) is 43.5. The van der Waals surface area contributed by atoms with Crippen LogP contribution in [0.5, 0.6) is 17.2 Å². The molecule has 7 rings (SSSR count). The maximum atomic E-state index is 16.7. The Kier molecular flexibility index (Phi) is 13.7. The van der Waals surface area contributed by atoms with Crippen molar-refractivity contribution in [1.29, 1.82) is 0 Å². The molecule has 1 N–H and O–H groups in total. The number of hydrogen-bond donors (Lipinski definition) is 1. The first-order valence-corrected chi connectivity index (χ1v) is 23.0. The second kappa shape index (κ2) is 18.8. The molecule has 10 nitrogen and oxygen atoms in total. The lowest BCUT2D eigenvalue weighted by Gasteiger charge is -2.45. The first-order valence-electron chi connectivity index (χ1n) is 21.1. The molecule has 0 amide bonds. The Balaban J connectivity index is 1.14.